The van der Waals surface area contributed by atoms with E-state index in [0.717, 1.165) is 6.54 Å². The molecule has 1 aliphatic carbocycles. The smallest absolute Gasteiger partial charge is 0.00700 e. The Kier molecular flexibility index (Phi) is 5.25. The van der Waals surface area contributed by atoms with Crippen molar-refractivity contribution in [3.8, 4) is 0 Å². The lowest BCUT2D eigenvalue weighted by Crippen LogP contribution is -2.29. The standard InChI is InChI=1S/C17H27N/c1-3-6-17(18-4-2)12-10-14-9-11-15-7-5-8-16(15)13-14/h9,11,13,17-18H,3-8,10,12H2,1-2H3. The fraction of sp³-hybridized carbons (Fsp3) is 0.647. The minimum Gasteiger partial charge on any atom is -0.314 e. The first kappa shape index (κ1) is 13.6. The quantitative estimate of drug-likeness (QED) is 0.768. The summed E-state index contributed by atoms with van der Waals surface area (Å²) in [6.07, 6.45) is 9.04. The molecule has 0 saturated carbocycles. The zero-order valence-electron chi connectivity index (χ0n) is 12.0. The van der Waals surface area contributed by atoms with Crippen LogP contribution in [0.25, 0.3) is 0 Å². The summed E-state index contributed by atoms with van der Waals surface area (Å²) in [5, 5.41) is 3.61. The van der Waals surface area contributed by atoms with Crippen LogP contribution in [0.5, 0.6) is 0 Å². The molecule has 100 valence electrons. The summed E-state index contributed by atoms with van der Waals surface area (Å²) in [5.74, 6) is 0. The predicted molar refractivity (Wildman–Crippen MR) is 79.2 cm³/mol. The van der Waals surface area contributed by atoms with Crippen LogP contribution in [0.1, 0.15) is 56.2 Å². The van der Waals surface area contributed by atoms with Crippen molar-refractivity contribution < 1.29 is 0 Å². The second kappa shape index (κ2) is 6.94. The molecule has 0 bridgehead atoms. The lowest BCUT2D eigenvalue weighted by Gasteiger charge is -2.17. The van der Waals surface area contributed by atoms with Crippen molar-refractivity contribution in [3.05, 3.63) is 34.9 Å². The van der Waals surface area contributed by atoms with Crippen LogP contribution in [0.4, 0.5) is 0 Å². The third-order valence-electron chi connectivity index (χ3n) is 4.07. The molecule has 0 fully saturated rings. The zero-order chi connectivity index (χ0) is 12.8. The summed E-state index contributed by atoms with van der Waals surface area (Å²) < 4.78 is 0. The average Bonchev–Trinajstić information content (AvgIpc) is 2.84. The highest BCUT2D eigenvalue weighted by Gasteiger charge is 2.11. The molecule has 1 atom stereocenters. The van der Waals surface area contributed by atoms with Crippen LogP contribution in [0.3, 0.4) is 0 Å². The van der Waals surface area contributed by atoms with E-state index in [1.165, 1.54) is 50.5 Å². The topological polar surface area (TPSA) is 12.0 Å². The highest BCUT2D eigenvalue weighted by atomic mass is 14.9. The van der Waals surface area contributed by atoms with E-state index in [1.807, 2.05) is 0 Å². The zero-order valence-corrected chi connectivity index (χ0v) is 12.0. The molecule has 1 heteroatoms. The summed E-state index contributed by atoms with van der Waals surface area (Å²) in [6, 6.07) is 7.86. The summed E-state index contributed by atoms with van der Waals surface area (Å²) in [4.78, 5) is 0. The Balaban J connectivity index is 1.88. The van der Waals surface area contributed by atoms with Gasteiger partial charge in [0.05, 0.1) is 0 Å². The third-order valence-corrected chi connectivity index (χ3v) is 4.07. The van der Waals surface area contributed by atoms with E-state index in [0.29, 0.717) is 6.04 Å². The molecule has 1 N–H and O–H groups in total. The molecule has 0 radical (unpaired) electrons. The molecule has 1 aromatic rings. The monoisotopic (exact) mass is 245 g/mol. The molecule has 0 aliphatic heterocycles. The van der Waals surface area contributed by atoms with E-state index in [2.05, 4.69) is 37.4 Å². The largest absolute Gasteiger partial charge is 0.314 e. The first-order valence-electron chi connectivity index (χ1n) is 7.67. The van der Waals surface area contributed by atoms with E-state index in [9.17, 15) is 0 Å². The molecule has 0 amide bonds. The van der Waals surface area contributed by atoms with E-state index in [4.69, 9.17) is 0 Å². The fourth-order valence-electron chi connectivity index (χ4n) is 3.11. The van der Waals surface area contributed by atoms with Gasteiger partial charge in [-0.1, -0.05) is 38.5 Å². The Bertz CT molecular complexity index is 364. The molecule has 1 nitrogen and oxygen atoms in total. The maximum absolute atomic E-state index is 3.61. The highest BCUT2D eigenvalue weighted by molar-refractivity contribution is 5.35. The van der Waals surface area contributed by atoms with Crippen molar-refractivity contribution in [2.45, 2.75) is 64.8 Å². The lowest BCUT2D eigenvalue weighted by atomic mass is 9.99. The van der Waals surface area contributed by atoms with Crippen LogP contribution in [0.15, 0.2) is 18.2 Å². The van der Waals surface area contributed by atoms with Gasteiger partial charge in [0.15, 0.2) is 0 Å². The van der Waals surface area contributed by atoms with E-state index >= 15 is 0 Å². The van der Waals surface area contributed by atoms with Gasteiger partial charge in [0.1, 0.15) is 0 Å². The van der Waals surface area contributed by atoms with Crippen molar-refractivity contribution >= 4 is 0 Å². The molecule has 18 heavy (non-hydrogen) atoms. The van der Waals surface area contributed by atoms with Crippen molar-refractivity contribution in [3.63, 3.8) is 0 Å². The van der Waals surface area contributed by atoms with Crippen LogP contribution in [-0.4, -0.2) is 12.6 Å². The number of fused-ring (bicyclic) bond motifs is 1. The first-order valence-corrected chi connectivity index (χ1v) is 7.67. The van der Waals surface area contributed by atoms with Crippen LogP contribution in [0.2, 0.25) is 0 Å². The number of benzene rings is 1. The summed E-state index contributed by atoms with van der Waals surface area (Å²) in [6.45, 7) is 5.58. The lowest BCUT2D eigenvalue weighted by molar-refractivity contribution is 0.459. The minimum atomic E-state index is 0.702. The van der Waals surface area contributed by atoms with Gasteiger partial charge in [-0.15, -0.1) is 0 Å². The van der Waals surface area contributed by atoms with Crippen LogP contribution in [0, 0.1) is 0 Å². The summed E-state index contributed by atoms with van der Waals surface area (Å²) in [5.41, 5.74) is 4.74. The van der Waals surface area contributed by atoms with Crippen molar-refractivity contribution in [1.82, 2.24) is 5.32 Å². The highest BCUT2D eigenvalue weighted by Crippen LogP contribution is 2.23. The molecule has 0 saturated heterocycles. The van der Waals surface area contributed by atoms with Crippen LogP contribution >= 0.6 is 0 Å². The molecule has 2 rings (SSSR count). The maximum atomic E-state index is 3.61. The molecular weight excluding hydrogens is 218 g/mol. The van der Waals surface area contributed by atoms with Gasteiger partial charge in [0.2, 0.25) is 0 Å². The summed E-state index contributed by atoms with van der Waals surface area (Å²) in [7, 11) is 0. The minimum absolute atomic E-state index is 0.702. The molecular formula is C17H27N. The molecule has 1 aromatic carbocycles. The number of aryl methyl sites for hydroxylation is 3. The molecule has 0 spiro atoms. The Morgan fingerprint density at radius 3 is 2.72 bits per heavy atom. The van der Waals surface area contributed by atoms with E-state index in [1.54, 1.807) is 11.1 Å². The average molecular weight is 245 g/mol. The number of hydrogen-bond acceptors (Lipinski definition) is 1. The van der Waals surface area contributed by atoms with Gasteiger partial charge in [0, 0.05) is 6.04 Å². The maximum Gasteiger partial charge on any atom is 0.00700 e. The van der Waals surface area contributed by atoms with Gasteiger partial charge >= 0.3 is 0 Å². The van der Waals surface area contributed by atoms with Crippen molar-refractivity contribution in [2.24, 2.45) is 0 Å². The SMILES string of the molecule is CCCC(CCc1ccc2c(c1)CCC2)NCC. The Labute approximate surface area is 112 Å². The van der Waals surface area contributed by atoms with Gasteiger partial charge in [-0.3, -0.25) is 0 Å². The molecule has 1 unspecified atom stereocenters. The van der Waals surface area contributed by atoms with Crippen LogP contribution in [-0.2, 0) is 19.3 Å². The van der Waals surface area contributed by atoms with Crippen LogP contribution < -0.4 is 5.32 Å². The van der Waals surface area contributed by atoms with Crippen molar-refractivity contribution in [1.29, 1.82) is 0 Å². The van der Waals surface area contributed by atoms with Gasteiger partial charge in [0.25, 0.3) is 0 Å². The second-order valence-electron chi connectivity index (χ2n) is 5.54. The van der Waals surface area contributed by atoms with Gasteiger partial charge in [-0.25, -0.2) is 0 Å². The van der Waals surface area contributed by atoms with Crippen molar-refractivity contribution in [2.75, 3.05) is 6.54 Å². The van der Waals surface area contributed by atoms with Gasteiger partial charge in [-0.2, -0.15) is 0 Å². The van der Waals surface area contributed by atoms with Gasteiger partial charge < -0.3 is 5.32 Å². The van der Waals surface area contributed by atoms with E-state index < -0.39 is 0 Å². The second-order valence-corrected chi connectivity index (χ2v) is 5.54. The molecule has 1 aliphatic rings. The third kappa shape index (κ3) is 3.58. The Hall–Kier alpha value is -0.820. The number of nitrogens with one attached hydrogen (secondary N) is 1. The first-order chi connectivity index (χ1) is 8.83. The Morgan fingerprint density at radius 1 is 1.11 bits per heavy atom. The normalized spacial score (nSPS) is 15.7. The predicted octanol–water partition coefficient (Wildman–Crippen LogP) is 3.89. The van der Waals surface area contributed by atoms with Gasteiger partial charge in [-0.05, 0) is 61.8 Å². The molecule has 0 aromatic heterocycles. The summed E-state index contributed by atoms with van der Waals surface area (Å²) >= 11 is 0. The number of hydrogen-bond donors (Lipinski definition) is 1. The molecule has 0 heterocycles. The van der Waals surface area contributed by atoms with E-state index in [-0.39, 0.29) is 0 Å². The Morgan fingerprint density at radius 2 is 1.94 bits per heavy atom. The fourth-order valence-corrected chi connectivity index (χ4v) is 3.11. The number of rotatable bonds is 7.